The molecule has 0 aliphatic carbocycles. The Kier molecular flexibility index (Phi) is 6.70. The molecule has 0 radical (unpaired) electrons. The summed E-state index contributed by atoms with van der Waals surface area (Å²) in [6.45, 7) is 7.58. The van der Waals surface area contributed by atoms with Gasteiger partial charge in [0.25, 0.3) is 0 Å². The second-order valence-electron chi connectivity index (χ2n) is 4.46. The second-order valence-corrected chi connectivity index (χ2v) is 4.46. The van der Waals surface area contributed by atoms with E-state index in [1.165, 1.54) is 10.5 Å². The van der Waals surface area contributed by atoms with Crippen LogP contribution in [0, 0.1) is 12.3 Å². The molecule has 0 aliphatic rings. The van der Waals surface area contributed by atoms with E-state index in [1.54, 1.807) is 0 Å². The zero-order valence-electron chi connectivity index (χ0n) is 11.7. The van der Waals surface area contributed by atoms with Gasteiger partial charge in [0.15, 0.2) is 0 Å². The molecule has 0 saturated heterocycles. The zero-order chi connectivity index (χ0) is 14.1. The topological polar surface area (TPSA) is 30.7 Å². The van der Waals surface area contributed by atoms with Gasteiger partial charge in [0.2, 0.25) is 0 Å². The van der Waals surface area contributed by atoms with Gasteiger partial charge in [-0.2, -0.15) is 0 Å². The van der Waals surface area contributed by atoms with E-state index in [-0.39, 0.29) is 12.4 Å². The molecule has 0 aliphatic heterocycles. The summed E-state index contributed by atoms with van der Waals surface area (Å²) in [5, 5.41) is 0. The van der Waals surface area contributed by atoms with Crippen LogP contribution in [0.1, 0.15) is 32.3 Å². The van der Waals surface area contributed by atoms with Crippen LogP contribution in [0.15, 0.2) is 24.3 Å². The molecule has 102 valence electrons. The minimum atomic E-state index is -0.278. The van der Waals surface area contributed by atoms with Crippen molar-refractivity contribution in [3.8, 4) is 18.1 Å². The highest BCUT2D eigenvalue weighted by atomic mass is 16.5. The van der Waals surface area contributed by atoms with Gasteiger partial charge in [-0.05, 0) is 38.1 Å². The molecule has 0 bridgehead atoms. The number of hydrogen-bond donors (Lipinski definition) is 1. The van der Waals surface area contributed by atoms with Gasteiger partial charge in [-0.15, -0.1) is 12.3 Å². The molecule has 0 aromatic heterocycles. The number of hydrogen-bond acceptors (Lipinski definition) is 2. The van der Waals surface area contributed by atoms with Crippen LogP contribution in [0.2, 0.25) is 0 Å². The SMILES string of the molecule is C#CCCC(=O)Oc1ccc(C[NH+](CC)CC)cc1. The Morgan fingerprint density at radius 1 is 1.26 bits per heavy atom. The van der Waals surface area contributed by atoms with Gasteiger partial charge in [0.05, 0.1) is 19.5 Å². The molecule has 1 rings (SSSR count). The minimum Gasteiger partial charge on any atom is -0.427 e. The van der Waals surface area contributed by atoms with E-state index >= 15 is 0 Å². The summed E-state index contributed by atoms with van der Waals surface area (Å²) in [5.74, 6) is 2.73. The quantitative estimate of drug-likeness (QED) is 0.457. The maximum Gasteiger partial charge on any atom is 0.312 e. The van der Waals surface area contributed by atoms with Crippen molar-refractivity contribution in [1.82, 2.24) is 0 Å². The normalized spacial score (nSPS) is 10.2. The molecule has 0 heterocycles. The van der Waals surface area contributed by atoms with E-state index in [2.05, 4.69) is 19.8 Å². The van der Waals surface area contributed by atoms with Gasteiger partial charge in [-0.3, -0.25) is 4.79 Å². The lowest BCUT2D eigenvalue weighted by Crippen LogP contribution is -3.10. The largest absolute Gasteiger partial charge is 0.427 e. The van der Waals surface area contributed by atoms with E-state index in [9.17, 15) is 4.79 Å². The van der Waals surface area contributed by atoms with Gasteiger partial charge < -0.3 is 9.64 Å². The highest BCUT2D eigenvalue weighted by Gasteiger charge is 2.06. The monoisotopic (exact) mass is 260 g/mol. The standard InChI is InChI=1S/C16H21NO2/c1-4-7-8-16(18)19-15-11-9-14(10-12-15)13-17(5-2)6-3/h1,9-12H,5-8,13H2,2-3H3/p+1. The third-order valence-corrected chi connectivity index (χ3v) is 3.08. The first-order valence-electron chi connectivity index (χ1n) is 6.76. The predicted octanol–water partition coefficient (Wildman–Crippen LogP) is 1.43. The number of carbonyl (C=O) groups excluding carboxylic acids is 1. The molecule has 1 aromatic carbocycles. The smallest absolute Gasteiger partial charge is 0.312 e. The number of benzene rings is 1. The molecule has 0 spiro atoms. The van der Waals surface area contributed by atoms with E-state index in [1.807, 2.05) is 24.3 Å². The van der Waals surface area contributed by atoms with Gasteiger partial charge in [-0.1, -0.05) is 0 Å². The maximum absolute atomic E-state index is 11.4. The number of rotatable bonds is 7. The molecular formula is C16H22NO2+. The Hall–Kier alpha value is -1.79. The first-order chi connectivity index (χ1) is 9.19. The molecule has 1 N–H and O–H groups in total. The summed E-state index contributed by atoms with van der Waals surface area (Å²) in [4.78, 5) is 12.9. The van der Waals surface area contributed by atoms with Gasteiger partial charge in [0.1, 0.15) is 12.3 Å². The second kappa shape index (κ2) is 8.34. The first kappa shape index (κ1) is 15.3. The summed E-state index contributed by atoms with van der Waals surface area (Å²) in [5.41, 5.74) is 1.25. The molecule has 0 saturated carbocycles. The van der Waals surface area contributed by atoms with Crippen LogP contribution in [0.5, 0.6) is 5.75 Å². The number of carbonyl (C=O) groups is 1. The third kappa shape index (κ3) is 5.58. The van der Waals surface area contributed by atoms with E-state index in [0.29, 0.717) is 12.2 Å². The Bertz CT molecular complexity index is 427. The summed E-state index contributed by atoms with van der Waals surface area (Å²) in [6.07, 6.45) is 5.79. The van der Waals surface area contributed by atoms with Crippen LogP contribution in [0.4, 0.5) is 0 Å². The third-order valence-electron chi connectivity index (χ3n) is 3.08. The van der Waals surface area contributed by atoms with Crippen molar-refractivity contribution < 1.29 is 14.4 Å². The highest BCUT2D eigenvalue weighted by Crippen LogP contribution is 2.12. The first-order valence-corrected chi connectivity index (χ1v) is 6.76. The highest BCUT2D eigenvalue weighted by molar-refractivity contribution is 5.72. The minimum absolute atomic E-state index is 0.266. The lowest BCUT2D eigenvalue weighted by molar-refractivity contribution is -0.910. The van der Waals surface area contributed by atoms with Crippen molar-refractivity contribution >= 4 is 5.97 Å². The summed E-state index contributed by atoms with van der Waals surface area (Å²) in [7, 11) is 0. The number of ether oxygens (including phenoxy) is 1. The lowest BCUT2D eigenvalue weighted by atomic mass is 10.2. The number of quaternary nitrogens is 1. The van der Waals surface area contributed by atoms with Crippen molar-refractivity contribution in [2.75, 3.05) is 13.1 Å². The molecule has 0 atom stereocenters. The summed E-state index contributed by atoms with van der Waals surface area (Å²) >= 11 is 0. The van der Waals surface area contributed by atoms with E-state index in [0.717, 1.165) is 19.6 Å². The van der Waals surface area contributed by atoms with Crippen LogP contribution in [0.3, 0.4) is 0 Å². The maximum atomic E-state index is 11.4. The molecule has 3 nitrogen and oxygen atoms in total. The van der Waals surface area contributed by atoms with Gasteiger partial charge in [0, 0.05) is 12.0 Å². The average molecular weight is 260 g/mol. The van der Waals surface area contributed by atoms with Crippen LogP contribution in [-0.2, 0) is 11.3 Å². The number of esters is 1. The fraction of sp³-hybridized carbons (Fsp3) is 0.438. The van der Waals surface area contributed by atoms with Crippen molar-refractivity contribution in [1.29, 1.82) is 0 Å². The summed E-state index contributed by atoms with van der Waals surface area (Å²) < 4.78 is 5.19. The van der Waals surface area contributed by atoms with Crippen molar-refractivity contribution in [2.45, 2.75) is 33.2 Å². The lowest BCUT2D eigenvalue weighted by Gasteiger charge is -2.15. The van der Waals surface area contributed by atoms with E-state index in [4.69, 9.17) is 11.2 Å². The fourth-order valence-corrected chi connectivity index (χ4v) is 1.82. The van der Waals surface area contributed by atoms with Crippen molar-refractivity contribution in [2.24, 2.45) is 0 Å². The molecular weight excluding hydrogens is 238 g/mol. The summed E-state index contributed by atoms with van der Waals surface area (Å²) in [6, 6.07) is 7.70. The number of nitrogens with one attached hydrogen (secondary N) is 1. The molecule has 19 heavy (non-hydrogen) atoms. The Morgan fingerprint density at radius 3 is 2.42 bits per heavy atom. The molecule has 0 amide bonds. The van der Waals surface area contributed by atoms with Gasteiger partial charge >= 0.3 is 5.97 Å². The Morgan fingerprint density at radius 2 is 1.89 bits per heavy atom. The van der Waals surface area contributed by atoms with Gasteiger partial charge in [-0.25, -0.2) is 0 Å². The average Bonchev–Trinajstić information content (AvgIpc) is 2.44. The van der Waals surface area contributed by atoms with Crippen LogP contribution in [0.25, 0.3) is 0 Å². The Balaban J connectivity index is 2.52. The van der Waals surface area contributed by atoms with Crippen molar-refractivity contribution in [3.63, 3.8) is 0 Å². The number of terminal acetylenes is 1. The van der Waals surface area contributed by atoms with Crippen LogP contribution < -0.4 is 9.64 Å². The zero-order valence-corrected chi connectivity index (χ0v) is 11.7. The van der Waals surface area contributed by atoms with Crippen LogP contribution in [-0.4, -0.2) is 19.1 Å². The molecule has 0 fully saturated rings. The Labute approximate surface area is 115 Å². The predicted molar refractivity (Wildman–Crippen MR) is 75.9 cm³/mol. The fourth-order valence-electron chi connectivity index (χ4n) is 1.82. The molecule has 3 heteroatoms. The van der Waals surface area contributed by atoms with Crippen LogP contribution >= 0.6 is 0 Å². The van der Waals surface area contributed by atoms with E-state index < -0.39 is 0 Å². The van der Waals surface area contributed by atoms with Crippen molar-refractivity contribution in [3.05, 3.63) is 29.8 Å². The molecule has 0 unspecified atom stereocenters. The molecule has 1 aromatic rings.